The molecule has 0 spiro atoms. The van der Waals surface area contributed by atoms with E-state index in [9.17, 15) is 21.6 Å². The Labute approximate surface area is 155 Å². The third-order valence-electron chi connectivity index (χ3n) is 3.42. The number of alkyl halides is 3. The van der Waals surface area contributed by atoms with Crippen LogP contribution in [0.2, 0.25) is 0 Å². The second-order valence-electron chi connectivity index (χ2n) is 5.92. The Hall–Kier alpha value is -1.61. The largest absolute Gasteiger partial charge is 0.484 e. The molecule has 0 aliphatic carbocycles. The van der Waals surface area contributed by atoms with Crippen molar-refractivity contribution in [1.29, 1.82) is 0 Å². The molecule has 1 aromatic carbocycles. The van der Waals surface area contributed by atoms with E-state index < -0.39 is 22.6 Å². The molecule has 0 atom stereocenters. The van der Waals surface area contributed by atoms with Crippen molar-refractivity contribution < 1.29 is 26.3 Å². The van der Waals surface area contributed by atoms with E-state index in [1.54, 1.807) is 5.38 Å². The van der Waals surface area contributed by atoms with Crippen molar-refractivity contribution in [2.75, 3.05) is 6.61 Å². The molecule has 0 aliphatic rings. The third kappa shape index (κ3) is 7.33. The van der Waals surface area contributed by atoms with Crippen LogP contribution in [0.5, 0.6) is 5.75 Å². The van der Waals surface area contributed by atoms with E-state index in [0.717, 1.165) is 24.3 Å². The van der Waals surface area contributed by atoms with E-state index in [0.29, 0.717) is 11.3 Å². The number of ether oxygens (including phenoxy) is 1. The molecular weight excluding hydrogens is 387 g/mol. The zero-order chi connectivity index (χ0) is 19.2. The van der Waals surface area contributed by atoms with Gasteiger partial charge in [-0.3, -0.25) is 0 Å². The number of aryl methyl sites for hydroxylation is 1. The quantitative estimate of drug-likeness (QED) is 0.612. The topological polar surface area (TPSA) is 56.3 Å². The SMILES string of the molecule is CCCCc1nc(CS(=O)(=O)Cc2ccc(OCC(F)(F)F)cc2)cs1. The van der Waals surface area contributed by atoms with Crippen LogP contribution >= 0.6 is 11.3 Å². The van der Waals surface area contributed by atoms with Gasteiger partial charge in [0.25, 0.3) is 0 Å². The number of aromatic nitrogens is 1. The number of nitrogens with zero attached hydrogens (tertiary/aromatic N) is 1. The fourth-order valence-electron chi connectivity index (χ4n) is 2.24. The van der Waals surface area contributed by atoms with Crippen molar-refractivity contribution in [3.63, 3.8) is 0 Å². The molecule has 0 radical (unpaired) electrons. The lowest BCUT2D eigenvalue weighted by Gasteiger charge is -2.09. The Morgan fingerprint density at radius 3 is 2.46 bits per heavy atom. The summed E-state index contributed by atoms with van der Waals surface area (Å²) < 4.78 is 65.6. The number of unbranched alkanes of at least 4 members (excludes halogenated alkanes) is 1. The minimum atomic E-state index is -4.41. The molecule has 4 nitrogen and oxygen atoms in total. The van der Waals surface area contributed by atoms with Crippen LogP contribution in [-0.4, -0.2) is 26.2 Å². The van der Waals surface area contributed by atoms with Gasteiger partial charge in [-0.25, -0.2) is 13.4 Å². The van der Waals surface area contributed by atoms with E-state index in [2.05, 4.69) is 16.6 Å². The summed E-state index contributed by atoms with van der Waals surface area (Å²) in [4.78, 5) is 4.35. The second-order valence-corrected chi connectivity index (χ2v) is 8.92. The van der Waals surface area contributed by atoms with Crippen molar-refractivity contribution in [3.05, 3.63) is 45.9 Å². The first-order valence-corrected chi connectivity index (χ1v) is 10.8. The van der Waals surface area contributed by atoms with Crippen molar-refractivity contribution in [2.45, 2.75) is 43.9 Å². The second kappa shape index (κ2) is 8.85. The molecule has 1 heterocycles. The first-order valence-electron chi connectivity index (χ1n) is 8.09. The van der Waals surface area contributed by atoms with E-state index in [1.165, 1.54) is 35.6 Å². The molecule has 1 aromatic heterocycles. The minimum Gasteiger partial charge on any atom is -0.484 e. The van der Waals surface area contributed by atoms with E-state index in [-0.39, 0.29) is 17.3 Å². The molecule has 0 N–H and O–H groups in total. The Bertz CT molecular complexity index is 799. The maximum Gasteiger partial charge on any atom is 0.422 e. The summed E-state index contributed by atoms with van der Waals surface area (Å²) in [6.07, 6.45) is -1.50. The van der Waals surface area contributed by atoms with Crippen molar-refractivity contribution >= 4 is 21.2 Å². The summed E-state index contributed by atoms with van der Waals surface area (Å²) in [5, 5.41) is 2.69. The smallest absolute Gasteiger partial charge is 0.422 e. The first-order chi connectivity index (χ1) is 12.2. The Morgan fingerprint density at radius 1 is 1.15 bits per heavy atom. The molecule has 0 saturated heterocycles. The average molecular weight is 407 g/mol. The molecule has 0 bridgehead atoms. The lowest BCUT2D eigenvalue weighted by atomic mass is 10.2. The molecule has 0 saturated carbocycles. The predicted octanol–water partition coefficient (Wildman–Crippen LogP) is 4.54. The van der Waals surface area contributed by atoms with Crippen LogP contribution in [-0.2, 0) is 27.8 Å². The van der Waals surface area contributed by atoms with Crippen LogP contribution < -0.4 is 4.74 Å². The van der Waals surface area contributed by atoms with Crippen LogP contribution in [0.15, 0.2) is 29.6 Å². The van der Waals surface area contributed by atoms with Gasteiger partial charge in [0.2, 0.25) is 0 Å². The van der Waals surface area contributed by atoms with Gasteiger partial charge >= 0.3 is 6.18 Å². The van der Waals surface area contributed by atoms with Crippen molar-refractivity contribution in [3.8, 4) is 5.75 Å². The number of halogens is 3. The van der Waals surface area contributed by atoms with Crippen LogP contribution in [0.3, 0.4) is 0 Å². The van der Waals surface area contributed by atoms with Gasteiger partial charge in [0, 0.05) is 5.38 Å². The van der Waals surface area contributed by atoms with Gasteiger partial charge in [-0.05, 0) is 30.5 Å². The Balaban J connectivity index is 1.93. The predicted molar refractivity (Wildman–Crippen MR) is 95.0 cm³/mol. The number of hydrogen-bond acceptors (Lipinski definition) is 5. The van der Waals surface area contributed by atoms with Gasteiger partial charge in [-0.15, -0.1) is 11.3 Å². The van der Waals surface area contributed by atoms with E-state index in [4.69, 9.17) is 0 Å². The first kappa shape index (κ1) is 20.7. The lowest BCUT2D eigenvalue weighted by molar-refractivity contribution is -0.153. The zero-order valence-corrected chi connectivity index (χ0v) is 15.9. The fourth-order valence-corrected chi connectivity index (χ4v) is 4.58. The summed E-state index contributed by atoms with van der Waals surface area (Å²) in [6, 6.07) is 5.58. The molecule has 0 amide bonds. The standard InChI is InChI=1S/C17H20F3NO3S2/c1-2-3-4-16-21-14(9-25-16)11-26(22,23)10-13-5-7-15(8-6-13)24-12-17(18,19)20/h5-9H,2-4,10-12H2,1H3. The Kier molecular flexibility index (Phi) is 7.05. The lowest BCUT2D eigenvalue weighted by Crippen LogP contribution is -2.19. The van der Waals surface area contributed by atoms with E-state index >= 15 is 0 Å². The molecule has 0 aliphatic heterocycles. The van der Waals surface area contributed by atoms with Gasteiger partial charge in [-0.2, -0.15) is 13.2 Å². The Morgan fingerprint density at radius 2 is 1.85 bits per heavy atom. The summed E-state index contributed by atoms with van der Waals surface area (Å²) in [5.74, 6) is -0.306. The fraction of sp³-hybridized carbons (Fsp3) is 0.471. The van der Waals surface area contributed by atoms with Crippen LogP contribution in [0, 0.1) is 0 Å². The van der Waals surface area contributed by atoms with Gasteiger partial charge < -0.3 is 4.74 Å². The molecular formula is C17H20F3NO3S2. The number of benzene rings is 1. The highest BCUT2D eigenvalue weighted by Crippen LogP contribution is 2.21. The number of sulfone groups is 1. The normalized spacial score (nSPS) is 12.3. The van der Waals surface area contributed by atoms with Gasteiger partial charge in [-0.1, -0.05) is 25.5 Å². The highest BCUT2D eigenvalue weighted by molar-refractivity contribution is 7.89. The van der Waals surface area contributed by atoms with Crippen molar-refractivity contribution in [2.24, 2.45) is 0 Å². The summed E-state index contributed by atoms with van der Waals surface area (Å²) in [5.41, 5.74) is 1.03. The molecule has 26 heavy (non-hydrogen) atoms. The summed E-state index contributed by atoms with van der Waals surface area (Å²) in [7, 11) is -3.42. The number of rotatable bonds is 9. The van der Waals surface area contributed by atoms with Crippen LogP contribution in [0.1, 0.15) is 36.0 Å². The van der Waals surface area contributed by atoms with Gasteiger partial charge in [0.1, 0.15) is 5.75 Å². The molecule has 2 aromatic rings. The van der Waals surface area contributed by atoms with E-state index in [1.807, 2.05) is 0 Å². The molecule has 9 heteroatoms. The highest BCUT2D eigenvalue weighted by Gasteiger charge is 2.28. The highest BCUT2D eigenvalue weighted by atomic mass is 32.2. The van der Waals surface area contributed by atoms with Gasteiger partial charge in [0.15, 0.2) is 16.4 Å². The molecule has 0 fully saturated rings. The monoisotopic (exact) mass is 407 g/mol. The molecule has 144 valence electrons. The molecule has 0 unspecified atom stereocenters. The maximum absolute atomic E-state index is 12.3. The third-order valence-corrected chi connectivity index (χ3v) is 5.89. The molecule has 2 rings (SSSR count). The summed E-state index contributed by atoms with van der Waals surface area (Å²) >= 11 is 1.46. The van der Waals surface area contributed by atoms with Crippen LogP contribution in [0.25, 0.3) is 0 Å². The minimum absolute atomic E-state index is 0.0449. The summed E-state index contributed by atoms with van der Waals surface area (Å²) in [6.45, 7) is 0.702. The van der Waals surface area contributed by atoms with Crippen LogP contribution in [0.4, 0.5) is 13.2 Å². The zero-order valence-electron chi connectivity index (χ0n) is 14.3. The van der Waals surface area contributed by atoms with Crippen molar-refractivity contribution in [1.82, 2.24) is 4.98 Å². The average Bonchev–Trinajstić information content (AvgIpc) is 2.97. The number of hydrogen-bond donors (Lipinski definition) is 0. The van der Waals surface area contributed by atoms with Gasteiger partial charge in [0.05, 0.1) is 22.2 Å². The number of thiazole rings is 1. The maximum atomic E-state index is 12.3.